The second-order valence-corrected chi connectivity index (χ2v) is 7.41. The summed E-state index contributed by atoms with van der Waals surface area (Å²) in [4.78, 5) is 27.2. The van der Waals surface area contributed by atoms with Gasteiger partial charge in [0, 0.05) is 37.1 Å². The van der Waals surface area contributed by atoms with E-state index < -0.39 is 18.1 Å². The first-order chi connectivity index (χ1) is 15.6. The Morgan fingerprint density at radius 2 is 1.91 bits per heavy atom. The van der Waals surface area contributed by atoms with Crippen LogP contribution in [-0.2, 0) is 11.3 Å². The first-order valence-electron chi connectivity index (χ1n) is 10.2. The predicted octanol–water partition coefficient (Wildman–Crippen LogP) is 3.56. The Balaban J connectivity index is 0.000000383. The molecule has 2 N–H and O–H groups in total. The molecule has 0 amide bonds. The van der Waals surface area contributed by atoms with E-state index >= 15 is 0 Å². The number of fused-ring (bicyclic) bond motifs is 1. The van der Waals surface area contributed by atoms with Crippen molar-refractivity contribution in [3.63, 3.8) is 0 Å². The Labute approximate surface area is 186 Å². The monoisotopic (exact) mass is 465 g/mol. The molecule has 1 aliphatic heterocycles. The van der Waals surface area contributed by atoms with Gasteiger partial charge in [0.1, 0.15) is 17.7 Å². The van der Waals surface area contributed by atoms with Crippen LogP contribution in [0.3, 0.4) is 0 Å². The minimum atomic E-state index is -5.08. The molecular weight excluding hydrogens is 443 g/mol. The van der Waals surface area contributed by atoms with Crippen LogP contribution in [0.1, 0.15) is 41.9 Å². The maximum absolute atomic E-state index is 11.8. The van der Waals surface area contributed by atoms with Crippen molar-refractivity contribution in [3.05, 3.63) is 48.2 Å². The minimum Gasteiger partial charge on any atom is -0.478 e. The highest BCUT2D eigenvalue weighted by Gasteiger charge is 2.38. The zero-order valence-corrected chi connectivity index (χ0v) is 17.7. The summed E-state index contributed by atoms with van der Waals surface area (Å²) in [6, 6.07) is 7.71. The van der Waals surface area contributed by atoms with Crippen molar-refractivity contribution in [1.82, 2.24) is 19.7 Å². The van der Waals surface area contributed by atoms with E-state index in [1.807, 2.05) is 24.3 Å². The number of piperidine rings is 1. The van der Waals surface area contributed by atoms with Gasteiger partial charge in [-0.15, -0.1) is 10.2 Å². The number of hydrogen-bond donors (Lipinski definition) is 2. The van der Waals surface area contributed by atoms with Crippen molar-refractivity contribution >= 4 is 28.5 Å². The molecule has 33 heavy (non-hydrogen) atoms. The molecule has 2 aromatic heterocycles. The summed E-state index contributed by atoms with van der Waals surface area (Å²) in [7, 11) is 0. The SMILES string of the molecule is CCn1cnnc1C1CCCN(c2c(C(=O)O)cnc3ccccc23)C1.O=C(O)C(F)(F)F. The molecule has 1 aromatic carbocycles. The van der Waals surface area contributed by atoms with Gasteiger partial charge in [-0.3, -0.25) is 4.98 Å². The Hall–Kier alpha value is -3.70. The molecule has 0 spiro atoms. The summed E-state index contributed by atoms with van der Waals surface area (Å²) in [5.41, 5.74) is 1.82. The molecule has 0 bridgehead atoms. The van der Waals surface area contributed by atoms with Gasteiger partial charge in [0.25, 0.3) is 0 Å². The van der Waals surface area contributed by atoms with Crippen molar-refractivity contribution in [2.45, 2.75) is 38.4 Å². The number of carboxylic acid groups (broad SMARTS) is 2. The van der Waals surface area contributed by atoms with Gasteiger partial charge >= 0.3 is 18.1 Å². The van der Waals surface area contributed by atoms with Crippen LogP contribution in [0, 0.1) is 0 Å². The molecule has 1 fully saturated rings. The summed E-state index contributed by atoms with van der Waals surface area (Å²) < 4.78 is 33.8. The van der Waals surface area contributed by atoms with Crippen LogP contribution < -0.4 is 4.90 Å². The number of rotatable bonds is 4. The third kappa shape index (κ3) is 5.38. The maximum atomic E-state index is 11.8. The molecule has 1 aliphatic rings. The van der Waals surface area contributed by atoms with E-state index in [-0.39, 0.29) is 11.5 Å². The second-order valence-electron chi connectivity index (χ2n) is 7.41. The molecule has 3 heterocycles. The molecule has 12 heteroatoms. The lowest BCUT2D eigenvalue weighted by Crippen LogP contribution is -2.36. The highest BCUT2D eigenvalue weighted by molar-refractivity contribution is 6.04. The lowest BCUT2D eigenvalue weighted by atomic mass is 9.95. The number of aromatic carboxylic acids is 1. The first kappa shape index (κ1) is 24.0. The molecule has 176 valence electrons. The fourth-order valence-corrected chi connectivity index (χ4v) is 3.84. The molecule has 0 radical (unpaired) electrons. The van der Waals surface area contributed by atoms with Gasteiger partial charge in [-0.05, 0) is 25.8 Å². The number of anilines is 1. The number of hydrogen-bond acceptors (Lipinski definition) is 6. The molecule has 1 saturated heterocycles. The zero-order chi connectivity index (χ0) is 24.2. The minimum absolute atomic E-state index is 0.236. The number of aryl methyl sites for hydroxylation is 1. The van der Waals surface area contributed by atoms with Crippen molar-refractivity contribution in [1.29, 1.82) is 0 Å². The predicted molar refractivity (Wildman–Crippen MR) is 112 cm³/mol. The number of benzene rings is 1. The largest absolute Gasteiger partial charge is 0.490 e. The molecule has 1 atom stereocenters. The van der Waals surface area contributed by atoms with E-state index in [1.165, 1.54) is 6.20 Å². The summed E-state index contributed by atoms with van der Waals surface area (Å²) >= 11 is 0. The average molecular weight is 465 g/mol. The lowest BCUT2D eigenvalue weighted by molar-refractivity contribution is -0.192. The Morgan fingerprint density at radius 3 is 2.55 bits per heavy atom. The molecule has 3 aromatic rings. The summed E-state index contributed by atoms with van der Waals surface area (Å²) in [6.45, 7) is 4.46. The van der Waals surface area contributed by atoms with E-state index in [0.29, 0.717) is 0 Å². The van der Waals surface area contributed by atoms with Gasteiger partial charge in [0.2, 0.25) is 0 Å². The number of pyridine rings is 1. The van der Waals surface area contributed by atoms with Gasteiger partial charge in [-0.1, -0.05) is 18.2 Å². The van der Waals surface area contributed by atoms with Crippen LogP contribution >= 0.6 is 0 Å². The van der Waals surface area contributed by atoms with Crippen molar-refractivity contribution in [2.24, 2.45) is 0 Å². The lowest BCUT2D eigenvalue weighted by Gasteiger charge is -2.35. The van der Waals surface area contributed by atoms with Gasteiger partial charge in [0.05, 0.1) is 11.2 Å². The maximum Gasteiger partial charge on any atom is 0.490 e. The Bertz CT molecular complexity index is 1150. The van der Waals surface area contributed by atoms with Gasteiger partial charge in [0.15, 0.2) is 0 Å². The molecule has 9 nitrogen and oxygen atoms in total. The zero-order valence-electron chi connectivity index (χ0n) is 17.7. The molecule has 0 aliphatic carbocycles. The average Bonchev–Trinajstić information content (AvgIpc) is 3.27. The van der Waals surface area contributed by atoms with E-state index in [1.54, 1.807) is 6.33 Å². The van der Waals surface area contributed by atoms with E-state index in [0.717, 1.165) is 54.9 Å². The van der Waals surface area contributed by atoms with Crippen LogP contribution in [0.4, 0.5) is 18.9 Å². The van der Waals surface area contributed by atoms with E-state index in [4.69, 9.17) is 9.90 Å². The van der Waals surface area contributed by atoms with Crippen molar-refractivity contribution < 1.29 is 33.0 Å². The van der Waals surface area contributed by atoms with Gasteiger partial charge < -0.3 is 19.7 Å². The Morgan fingerprint density at radius 1 is 1.21 bits per heavy atom. The number of para-hydroxylation sites is 1. The van der Waals surface area contributed by atoms with Crippen LogP contribution in [-0.4, -0.2) is 61.2 Å². The van der Waals surface area contributed by atoms with Crippen LogP contribution in [0.5, 0.6) is 0 Å². The quantitative estimate of drug-likeness (QED) is 0.600. The molecule has 4 rings (SSSR count). The van der Waals surface area contributed by atoms with E-state index in [9.17, 15) is 23.1 Å². The van der Waals surface area contributed by atoms with Gasteiger partial charge in [-0.25, -0.2) is 9.59 Å². The number of nitrogens with zero attached hydrogens (tertiary/aromatic N) is 5. The van der Waals surface area contributed by atoms with Crippen LogP contribution in [0.15, 0.2) is 36.8 Å². The Kier molecular flexibility index (Phi) is 7.14. The normalized spacial score (nSPS) is 16.2. The number of aromatic nitrogens is 4. The third-order valence-corrected chi connectivity index (χ3v) is 5.31. The summed E-state index contributed by atoms with van der Waals surface area (Å²) in [6.07, 6.45) is 0.161. The molecule has 0 saturated carbocycles. The van der Waals surface area contributed by atoms with Crippen LogP contribution in [0.2, 0.25) is 0 Å². The standard InChI is InChI=1S/C19H21N5O2.C2HF3O2/c1-2-23-12-21-22-18(23)13-6-5-9-24(11-13)17-14-7-3-4-8-16(14)20-10-15(17)19(25)26;3-2(4,5)1(6)7/h3-4,7-8,10,12-13H,2,5-6,9,11H2,1H3,(H,25,26);(H,6,7). The number of aliphatic carboxylic acids is 1. The fraction of sp³-hybridized carbons (Fsp3) is 0.381. The molecule has 1 unspecified atom stereocenters. The topological polar surface area (TPSA) is 121 Å². The van der Waals surface area contributed by atoms with Crippen molar-refractivity contribution in [3.8, 4) is 0 Å². The van der Waals surface area contributed by atoms with E-state index in [2.05, 4.69) is 31.6 Å². The van der Waals surface area contributed by atoms with Crippen molar-refractivity contribution in [2.75, 3.05) is 18.0 Å². The second kappa shape index (κ2) is 9.84. The van der Waals surface area contributed by atoms with Gasteiger partial charge in [-0.2, -0.15) is 13.2 Å². The third-order valence-electron chi connectivity index (χ3n) is 5.31. The first-order valence-corrected chi connectivity index (χ1v) is 10.2. The number of carbonyl (C=O) groups is 2. The highest BCUT2D eigenvalue weighted by atomic mass is 19.4. The van der Waals surface area contributed by atoms with Crippen LogP contribution in [0.25, 0.3) is 10.9 Å². The number of halogens is 3. The summed E-state index contributed by atoms with van der Waals surface area (Å²) in [5.74, 6) is -2.49. The highest BCUT2D eigenvalue weighted by Crippen LogP contribution is 2.35. The fourth-order valence-electron chi connectivity index (χ4n) is 3.84. The molecular formula is C21H22F3N5O4. The number of alkyl halides is 3. The summed E-state index contributed by atoms with van der Waals surface area (Å²) in [5, 5.41) is 26.1. The number of carboxylic acids is 2. The smallest absolute Gasteiger partial charge is 0.478 e.